The summed E-state index contributed by atoms with van der Waals surface area (Å²) in [5.74, 6) is -0.228. The quantitative estimate of drug-likeness (QED) is 0.756. The van der Waals surface area contributed by atoms with E-state index < -0.39 is 0 Å². The lowest BCUT2D eigenvalue weighted by atomic mass is 10.3. The first-order valence-corrected chi connectivity index (χ1v) is 5.58. The number of anilines is 1. The fourth-order valence-electron chi connectivity index (χ4n) is 1.67. The Morgan fingerprint density at radius 2 is 2.25 bits per heavy atom. The molecule has 0 aliphatic carbocycles. The van der Waals surface area contributed by atoms with E-state index in [1.165, 1.54) is 11.3 Å². The lowest BCUT2D eigenvalue weighted by molar-refractivity contribution is -0.115. The van der Waals surface area contributed by atoms with Gasteiger partial charge < -0.3 is 5.32 Å². The number of urea groups is 1. The highest BCUT2D eigenvalue weighted by molar-refractivity contribution is 7.16. The highest BCUT2D eigenvalue weighted by atomic mass is 32.1. The minimum Gasteiger partial charge on any atom is -0.328 e. The van der Waals surface area contributed by atoms with E-state index in [2.05, 4.69) is 10.3 Å². The molecule has 1 aromatic heterocycles. The Morgan fingerprint density at radius 3 is 3.00 bits per heavy atom. The van der Waals surface area contributed by atoms with E-state index in [0.29, 0.717) is 5.69 Å². The van der Waals surface area contributed by atoms with E-state index in [1.807, 2.05) is 0 Å². The van der Waals surface area contributed by atoms with Gasteiger partial charge in [0.25, 0.3) is 5.91 Å². The maximum atomic E-state index is 11.5. The van der Waals surface area contributed by atoms with Crippen LogP contribution < -0.4 is 10.2 Å². The Labute approximate surface area is 94.7 Å². The molecular formula is C10H7N3O2S. The highest BCUT2D eigenvalue weighted by Crippen LogP contribution is 2.25. The molecule has 3 amide bonds. The van der Waals surface area contributed by atoms with Crippen LogP contribution in [0, 0.1) is 0 Å². The van der Waals surface area contributed by atoms with E-state index in [0.717, 1.165) is 15.1 Å². The SMILES string of the molecule is O=C1CNC(=O)N1c1ccc2ncsc2c1. The van der Waals surface area contributed by atoms with Crippen LogP contribution in [0.3, 0.4) is 0 Å². The van der Waals surface area contributed by atoms with Crippen molar-refractivity contribution in [2.75, 3.05) is 11.4 Å². The van der Waals surface area contributed by atoms with Gasteiger partial charge in [-0.2, -0.15) is 0 Å². The van der Waals surface area contributed by atoms with Crippen molar-refractivity contribution < 1.29 is 9.59 Å². The van der Waals surface area contributed by atoms with E-state index >= 15 is 0 Å². The molecule has 1 fully saturated rings. The third kappa shape index (κ3) is 1.27. The number of thiazole rings is 1. The van der Waals surface area contributed by atoms with Crippen molar-refractivity contribution in [2.45, 2.75) is 0 Å². The average Bonchev–Trinajstić information content (AvgIpc) is 2.85. The summed E-state index contributed by atoms with van der Waals surface area (Å²) in [5, 5.41) is 2.48. The first kappa shape index (κ1) is 9.29. The molecule has 1 aliphatic heterocycles. The minimum atomic E-state index is -0.367. The molecule has 0 unspecified atom stereocenters. The Balaban J connectivity index is 2.11. The number of carbonyl (C=O) groups is 2. The largest absolute Gasteiger partial charge is 0.329 e. The number of imide groups is 1. The van der Waals surface area contributed by atoms with Gasteiger partial charge in [-0.1, -0.05) is 0 Å². The van der Waals surface area contributed by atoms with Crippen LogP contribution in [0.4, 0.5) is 10.5 Å². The maximum absolute atomic E-state index is 11.5. The number of nitrogens with one attached hydrogen (secondary N) is 1. The molecule has 80 valence electrons. The number of aromatic nitrogens is 1. The number of benzene rings is 1. The molecule has 0 bridgehead atoms. The topological polar surface area (TPSA) is 62.3 Å². The second-order valence-electron chi connectivity index (χ2n) is 3.39. The monoisotopic (exact) mass is 233 g/mol. The average molecular weight is 233 g/mol. The molecular weight excluding hydrogens is 226 g/mol. The van der Waals surface area contributed by atoms with Gasteiger partial charge in [0.2, 0.25) is 0 Å². The fourth-order valence-corrected chi connectivity index (χ4v) is 2.38. The van der Waals surface area contributed by atoms with E-state index in [9.17, 15) is 9.59 Å². The molecule has 0 saturated carbocycles. The summed E-state index contributed by atoms with van der Waals surface area (Å²) in [6.07, 6.45) is 0. The van der Waals surface area contributed by atoms with E-state index in [1.54, 1.807) is 23.7 Å². The van der Waals surface area contributed by atoms with Crippen LogP contribution in [0.25, 0.3) is 10.2 Å². The van der Waals surface area contributed by atoms with Gasteiger partial charge in [0.15, 0.2) is 0 Å². The van der Waals surface area contributed by atoms with Crippen LogP contribution >= 0.6 is 11.3 Å². The standard InChI is InChI=1S/C10H7N3O2S/c14-9-4-11-10(15)13(9)6-1-2-7-8(3-6)16-5-12-7/h1-3,5H,4H2,(H,11,15). The van der Waals surface area contributed by atoms with Crippen molar-refractivity contribution in [3.8, 4) is 0 Å². The fraction of sp³-hybridized carbons (Fsp3) is 0.100. The zero-order valence-electron chi connectivity index (χ0n) is 8.14. The van der Waals surface area contributed by atoms with Gasteiger partial charge in [0.1, 0.15) is 0 Å². The molecule has 0 radical (unpaired) electrons. The van der Waals surface area contributed by atoms with Gasteiger partial charge in [-0.3, -0.25) is 4.79 Å². The second kappa shape index (κ2) is 3.28. The molecule has 16 heavy (non-hydrogen) atoms. The number of amides is 3. The second-order valence-corrected chi connectivity index (χ2v) is 4.28. The number of nitrogens with zero attached hydrogens (tertiary/aromatic N) is 2. The zero-order chi connectivity index (χ0) is 11.1. The van der Waals surface area contributed by atoms with Crippen molar-refractivity contribution in [2.24, 2.45) is 0 Å². The molecule has 1 N–H and O–H groups in total. The van der Waals surface area contributed by atoms with Crippen LogP contribution in [0.1, 0.15) is 0 Å². The van der Waals surface area contributed by atoms with Gasteiger partial charge >= 0.3 is 6.03 Å². The van der Waals surface area contributed by atoms with Crippen LogP contribution in [-0.4, -0.2) is 23.5 Å². The van der Waals surface area contributed by atoms with Crippen molar-refractivity contribution in [3.05, 3.63) is 23.7 Å². The molecule has 6 heteroatoms. The summed E-state index contributed by atoms with van der Waals surface area (Å²) >= 11 is 1.48. The molecule has 2 heterocycles. The molecule has 5 nitrogen and oxygen atoms in total. The lowest BCUT2D eigenvalue weighted by Crippen LogP contribution is -2.30. The Morgan fingerprint density at radius 1 is 1.38 bits per heavy atom. The molecule has 1 saturated heterocycles. The predicted octanol–water partition coefficient (Wildman–Crippen LogP) is 1.35. The van der Waals surface area contributed by atoms with Crippen molar-refractivity contribution in [3.63, 3.8) is 0 Å². The van der Waals surface area contributed by atoms with Gasteiger partial charge in [0.05, 0.1) is 28.0 Å². The number of fused-ring (bicyclic) bond motifs is 1. The smallest absolute Gasteiger partial charge is 0.328 e. The van der Waals surface area contributed by atoms with E-state index in [4.69, 9.17) is 0 Å². The van der Waals surface area contributed by atoms with Gasteiger partial charge in [-0.25, -0.2) is 14.7 Å². The Kier molecular flexibility index (Phi) is 1.90. The third-order valence-electron chi connectivity index (χ3n) is 2.42. The first-order chi connectivity index (χ1) is 7.75. The van der Waals surface area contributed by atoms with Gasteiger partial charge in [0, 0.05) is 0 Å². The lowest BCUT2D eigenvalue weighted by Gasteiger charge is -2.11. The van der Waals surface area contributed by atoms with Crippen molar-refractivity contribution in [1.29, 1.82) is 0 Å². The number of hydrogen-bond donors (Lipinski definition) is 1. The highest BCUT2D eigenvalue weighted by Gasteiger charge is 2.29. The summed E-state index contributed by atoms with van der Waals surface area (Å²) in [5.41, 5.74) is 3.21. The first-order valence-electron chi connectivity index (χ1n) is 4.70. The molecule has 2 aromatic rings. The summed E-state index contributed by atoms with van der Waals surface area (Å²) in [7, 11) is 0. The summed E-state index contributed by atoms with van der Waals surface area (Å²) in [6.45, 7) is 0.0690. The molecule has 0 spiro atoms. The molecule has 0 atom stereocenters. The normalized spacial score (nSPS) is 15.9. The maximum Gasteiger partial charge on any atom is 0.329 e. The minimum absolute atomic E-state index is 0.0690. The zero-order valence-corrected chi connectivity index (χ0v) is 8.95. The van der Waals surface area contributed by atoms with Crippen molar-refractivity contribution >= 4 is 39.2 Å². The van der Waals surface area contributed by atoms with Crippen LogP contribution in [-0.2, 0) is 4.79 Å². The van der Waals surface area contributed by atoms with Crippen LogP contribution in [0.5, 0.6) is 0 Å². The Hall–Kier alpha value is -1.95. The van der Waals surface area contributed by atoms with Gasteiger partial charge in [-0.15, -0.1) is 11.3 Å². The molecule has 3 rings (SSSR count). The van der Waals surface area contributed by atoms with Gasteiger partial charge in [-0.05, 0) is 18.2 Å². The Bertz CT molecular complexity index is 577. The molecule has 1 aliphatic rings. The van der Waals surface area contributed by atoms with Crippen molar-refractivity contribution in [1.82, 2.24) is 10.3 Å². The summed E-state index contributed by atoms with van der Waals surface area (Å²) in [6, 6.07) is 4.97. The molecule has 1 aromatic carbocycles. The predicted molar refractivity (Wildman–Crippen MR) is 60.5 cm³/mol. The third-order valence-corrected chi connectivity index (χ3v) is 3.21. The number of hydrogen-bond acceptors (Lipinski definition) is 4. The number of carbonyl (C=O) groups excluding carboxylic acids is 2. The number of rotatable bonds is 1. The van der Waals surface area contributed by atoms with Crippen LogP contribution in [0.15, 0.2) is 23.7 Å². The summed E-state index contributed by atoms with van der Waals surface area (Å²) in [4.78, 5) is 28.2. The summed E-state index contributed by atoms with van der Waals surface area (Å²) < 4.78 is 0.963. The van der Waals surface area contributed by atoms with Crippen LogP contribution in [0.2, 0.25) is 0 Å². The van der Waals surface area contributed by atoms with E-state index in [-0.39, 0.29) is 18.5 Å².